The third-order valence-corrected chi connectivity index (χ3v) is 4.95. The first-order valence-corrected chi connectivity index (χ1v) is 9.10. The van der Waals surface area contributed by atoms with Gasteiger partial charge in [0.2, 0.25) is 0 Å². The molecular weight excluding hydrogens is 324 g/mol. The lowest BCUT2D eigenvalue weighted by molar-refractivity contribution is 0.374. The number of benzene rings is 2. The smallest absolute Gasteiger partial charge is 0.262 e. The van der Waals surface area contributed by atoms with Gasteiger partial charge in [0, 0.05) is 11.5 Å². The van der Waals surface area contributed by atoms with Crippen LogP contribution in [-0.2, 0) is 10.0 Å². The van der Waals surface area contributed by atoms with Gasteiger partial charge in [-0.25, -0.2) is 8.42 Å². The Labute approximate surface area is 141 Å². The van der Waals surface area contributed by atoms with Gasteiger partial charge in [0.25, 0.3) is 10.0 Å². The van der Waals surface area contributed by atoms with E-state index in [0.29, 0.717) is 17.1 Å². The molecule has 0 unspecified atom stereocenters. The van der Waals surface area contributed by atoms with Crippen molar-refractivity contribution in [2.75, 3.05) is 4.72 Å². The van der Waals surface area contributed by atoms with Crippen LogP contribution in [0, 0.1) is 0 Å². The monoisotopic (exact) mass is 342 g/mol. The molecule has 0 aliphatic rings. The highest BCUT2D eigenvalue weighted by atomic mass is 32.2. The van der Waals surface area contributed by atoms with Gasteiger partial charge in [-0.2, -0.15) is 0 Å². The Hall–Kier alpha value is -2.60. The van der Waals surface area contributed by atoms with Gasteiger partial charge in [0.05, 0.1) is 4.90 Å². The summed E-state index contributed by atoms with van der Waals surface area (Å²) in [5, 5.41) is 4.08. The standard InChI is InChI=1S/C18H18N2O3S/c1-13(2)18-17(16(19-23-18)14-9-5-3-6-10-14)20-24(21,22)15-11-7-4-8-12-15/h3-13,20H,1-2H3. The zero-order valence-corrected chi connectivity index (χ0v) is 14.2. The molecule has 1 N–H and O–H groups in total. The Morgan fingerprint density at radius 1 is 0.958 bits per heavy atom. The summed E-state index contributed by atoms with van der Waals surface area (Å²) < 4.78 is 33.4. The van der Waals surface area contributed by atoms with Crippen LogP contribution in [0.3, 0.4) is 0 Å². The van der Waals surface area contributed by atoms with Crippen LogP contribution in [0.1, 0.15) is 25.5 Å². The summed E-state index contributed by atoms with van der Waals surface area (Å²) in [6.07, 6.45) is 0. The number of sulfonamides is 1. The molecule has 0 aliphatic heterocycles. The molecule has 0 amide bonds. The molecule has 3 rings (SSSR count). The third kappa shape index (κ3) is 3.19. The molecule has 2 aromatic carbocycles. The molecule has 1 heterocycles. The van der Waals surface area contributed by atoms with Gasteiger partial charge < -0.3 is 4.52 Å². The second kappa shape index (κ2) is 6.49. The van der Waals surface area contributed by atoms with E-state index in [1.807, 2.05) is 44.2 Å². The van der Waals surface area contributed by atoms with Crippen molar-refractivity contribution in [3.05, 3.63) is 66.4 Å². The number of nitrogens with one attached hydrogen (secondary N) is 1. The van der Waals surface area contributed by atoms with E-state index in [1.54, 1.807) is 30.3 Å². The van der Waals surface area contributed by atoms with Crippen LogP contribution in [-0.4, -0.2) is 13.6 Å². The summed E-state index contributed by atoms with van der Waals surface area (Å²) >= 11 is 0. The minimum absolute atomic E-state index is 0.0107. The van der Waals surface area contributed by atoms with Crippen molar-refractivity contribution in [2.45, 2.75) is 24.7 Å². The van der Waals surface area contributed by atoms with E-state index < -0.39 is 10.0 Å². The Kier molecular flexibility index (Phi) is 4.40. The molecule has 124 valence electrons. The fourth-order valence-electron chi connectivity index (χ4n) is 2.38. The zero-order chi connectivity index (χ0) is 17.2. The predicted octanol–water partition coefficient (Wildman–Crippen LogP) is 4.27. The molecule has 0 saturated heterocycles. The average molecular weight is 342 g/mol. The third-order valence-electron chi connectivity index (χ3n) is 3.58. The Bertz CT molecular complexity index is 917. The van der Waals surface area contributed by atoms with Gasteiger partial charge in [-0.15, -0.1) is 0 Å². The van der Waals surface area contributed by atoms with Crippen molar-refractivity contribution in [1.82, 2.24) is 5.16 Å². The maximum Gasteiger partial charge on any atom is 0.262 e. The van der Waals surface area contributed by atoms with E-state index in [1.165, 1.54) is 0 Å². The van der Waals surface area contributed by atoms with Crippen LogP contribution < -0.4 is 4.72 Å². The van der Waals surface area contributed by atoms with E-state index in [4.69, 9.17) is 4.52 Å². The lowest BCUT2D eigenvalue weighted by Gasteiger charge is -2.10. The number of hydrogen-bond donors (Lipinski definition) is 1. The minimum Gasteiger partial charge on any atom is -0.358 e. The Morgan fingerprint density at radius 3 is 2.12 bits per heavy atom. The predicted molar refractivity (Wildman–Crippen MR) is 93.3 cm³/mol. The van der Waals surface area contributed by atoms with E-state index in [-0.39, 0.29) is 10.8 Å². The maximum absolute atomic E-state index is 12.7. The van der Waals surface area contributed by atoms with Crippen molar-refractivity contribution in [2.24, 2.45) is 0 Å². The van der Waals surface area contributed by atoms with Crippen LogP contribution in [0.5, 0.6) is 0 Å². The molecule has 0 atom stereocenters. The molecule has 0 bridgehead atoms. The summed E-state index contributed by atoms with van der Waals surface area (Å²) in [5.41, 5.74) is 1.66. The van der Waals surface area contributed by atoms with E-state index >= 15 is 0 Å². The van der Waals surface area contributed by atoms with Crippen LogP contribution in [0.4, 0.5) is 5.69 Å². The summed E-state index contributed by atoms with van der Waals surface area (Å²) in [4.78, 5) is 0.194. The fourth-order valence-corrected chi connectivity index (χ4v) is 3.48. The van der Waals surface area contributed by atoms with Crippen molar-refractivity contribution in [1.29, 1.82) is 0 Å². The van der Waals surface area contributed by atoms with Crippen molar-refractivity contribution in [3.63, 3.8) is 0 Å². The van der Waals surface area contributed by atoms with E-state index in [2.05, 4.69) is 9.88 Å². The molecular formula is C18H18N2O3S. The molecule has 24 heavy (non-hydrogen) atoms. The molecule has 1 aromatic heterocycles. The molecule has 0 saturated carbocycles. The first-order valence-electron chi connectivity index (χ1n) is 7.62. The summed E-state index contributed by atoms with van der Waals surface area (Å²) in [7, 11) is -3.72. The Morgan fingerprint density at radius 2 is 1.54 bits per heavy atom. The lowest BCUT2D eigenvalue weighted by Crippen LogP contribution is -2.14. The molecule has 6 heteroatoms. The van der Waals surface area contributed by atoms with Gasteiger partial charge >= 0.3 is 0 Å². The first kappa shape index (κ1) is 16.3. The highest BCUT2D eigenvalue weighted by molar-refractivity contribution is 7.92. The second-order valence-corrected chi connectivity index (χ2v) is 7.39. The molecule has 0 radical (unpaired) electrons. The molecule has 0 fully saturated rings. The van der Waals surface area contributed by atoms with Crippen molar-refractivity contribution < 1.29 is 12.9 Å². The van der Waals surface area contributed by atoms with Crippen molar-refractivity contribution in [3.8, 4) is 11.3 Å². The molecule has 0 spiro atoms. The number of aromatic nitrogens is 1. The van der Waals surface area contributed by atoms with Crippen LogP contribution in [0.2, 0.25) is 0 Å². The topological polar surface area (TPSA) is 72.2 Å². The maximum atomic E-state index is 12.7. The average Bonchev–Trinajstić information content (AvgIpc) is 2.99. The van der Waals surface area contributed by atoms with Gasteiger partial charge in [0.1, 0.15) is 11.4 Å². The summed E-state index contributed by atoms with van der Waals surface area (Å²) in [6.45, 7) is 3.85. The minimum atomic E-state index is -3.72. The fraction of sp³-hybridized carbons (Fsp3) is 0.167. The highest BCUT2D eigenvalue weighted by Gasteiger charge is 2.25. The molecule has 5 nitrogen and oxygen atoms in total. The van der Waals surface area contributed by atoms with Gasteiger partial charge in [-0.1, -0.05) is 67.5 Å². The van der Waals surface area contributed by atoms with Crippen LogP contribution >= 0.6 is 0 Å². The van der Waals surface area contributed by atoms with Crippen LogP contribution in [0.25, 0.3) is 11.3 Å². The normalized spacial score (nSPS) is 11.6. The molecule has 0 aliphatic carbocycles. The number of anilines is 1. The second-order valence-electron chi connectivity index (χ2n) is 5.71. The largest absolute Gasteiger partial charge is 0.358 e. The summed E-state index contributed by atoms with van der Waals surface area (Å²) in [5.74, 6) is 0.497. The van der Waals surface area contributed by atoms with E-state index in [0.717, 1.165) is 5.56 Å². The number of rotatable bonds is 5. The van der Waals surface area contributed by atoms with Crippen molar-refractivity contribution >= 4 is 15.7 Å². The number of nitrogens with zero attached hydrogens (tertiary/aromatic N) is 1. The van der Waals surface area contributed by atoms with Gasteiger partial charge in [-0.3, -0.25) is 4.72 Å². The summed E-state index contributed by atoms with van der Waals surface area (Å²) in [6, 6.07) is 17.6. The Balaban J connectivity index is 2.08. The first-order chi connectivity index (χ1) is 11.5. The highest BCUT2D eigenvalue weighted by Crippen LogP contribution is 2.35. The number of hydrogen-bond acceptors (Lipinski definition) is 4. The zero-order valence-electron chi connectivity index (χ0n) is 13.4. The molecule has 3 aromatic rings. The SMILES string of the molecule is CC(C)c1onc(-c2ccccc2)c1NS(=O)(=O)c1ccccc1. The van der Waals surface area contributed by atoms with E-state index in [9.17, 15) is 8.42 Å². The lowest BCUT2D eigenvalue weighted by atomic mass is 10.1. The van der Waals surface area contributed by atoms with Gasteiger partial charge in [0.15, 0.2) is 5.76 Å². The van der Waals surface area contributed by atoms with Gasteiger partial charge in [-0.05, 0) is 12.1 Å². The quantitative estimate of drug-likeness (QED) is 0.752. The van der Waals surface area contributed by atoms with Crippen LogP contribution in [0.15, 0.2) is 70.1 Å².